The number of hydrogen-bond acceptors (Lipinski definition) is 3. The van der Waals surface area contributed by atoms with E-state index >= 15 is 0 Å². The number of urea groups is 1. The summed E-state index contributed by atoms with van der Waals surface area (Å²) < 4.78 is 50.5. The van der Waals surface area contributed by atoms with Crippen molar-refractivity contribution in [1.82, 2.24) is 10.6 Å². The molecule has 1 aromatic carbocycles. The van der Waals surface area contributed by atoms with Crippen molar-refractivity contribution >= 4 is 6.03 Å². The van der Waals surface area contributed by atoms with E-state index in [-0.39, 0.29) is 23.8 Å². The van der Waals surface area contributed by atoms with E-state index < -0.39 is 18.2 Å². The first-order chi connectivity index (χ1) is 11.4. The lowest BCUT2D eigenvalue weighted by atomic mass is 9.96. The molecule has 0 aliphatic carbocycles. The Hall–Kier alpha value is -1.96. The average molecular weight is 344 g/mol. The van der Waals surface area contributed by atoms with Gasteiger partial charge in [-0.05, 0) is 37.0 Å². The number of carbonyl (C=O) groups excluding carboxylic acids is 1. The predicted octanol–water partition coefficient (Wildman–Crippen LogP) is 2.92. The lowest BCUT2D eigenvalue weighted by Gasteiger charge is -2.25. The van der Waals surface area contributed by atoms with Gasteiger partial charge in [-0.15, -0.1) is 0 Å². The molecule has 3 rings (SSSR count). The van der Waals surface area contributed by atoms with Crippen LogP contribution in [0.1, 0.15) is 30.9 Å². The van der Waals surface area contributed by atoms with Crippen molar-refractivity contribution in [2.24, 2.45) is 0 Å². The van der Waals surface area contributed by atoms with Gasteiger partial charge in [-0.25, -0.2) is 4.79 Å². The smallest absolute Gasteiger partial charge is 0.412 e. The minimum absolute atomic E-state index is 0.0531. The summed E-state index contributed by atoms with van der Waals surface area (Å²) in [6.45, 7) is 0. The molecule has 5 nitrogen and oxygen atoms in total. The van der Waals surface area contributed by atoms with Crippen LogP contribution in [0.4, 0.5) is 18.0 Å². The molecule has 0 saturated carbocycles. The summed E-state index contributed by atoms with van der Waals surface area (Å²) in [5, 5.41) is 4.63. The summed E-state index contributed by atoms with van der Waals surface area (Å²) >= 11 is 0. The van der Waals surface area contributed by atoms with E-state index in [0.717, 1.165) is 12.8 Å². The van der Waals surface area contributed by atoms with Gasteiger partial charge in [0.25, 0.3) is 0 Å². The van der Waals surface area contributed by atoms with Crippen molar-refractivity contribution in [3.63, 3.8) is 0 Å². The molecule has 24 heavy (non-hydrogen) atoms. The third-order valence-corrected chi connectivity index (χ3v) is 4.47. The van der Waals surface area contributed by atoms with Gasteiger partial charge in [-0.2, -0.15) is 13.2 Å². The van der Waals surface area contributed by atoms with Crippen molar-refractivity contribution in [1.29, 1.82) is 0 Å². The number of methoxy groups -OCH3 is 1. The SMILES string of the molecule is COc1ccc([C@@H](NC(=O)N[C@@H]2C[C@H]3CC[C@H]2O3)C(F)(F)F)cc1. The van der Waals surface area contributed by atoms with Crippen LogP contribution in [0.3, 0.4) is 0 Å². The third-order valence-electron chi connectivity index (χ3n) is 4.47. The first kappa shape index (κ1) is 16.9. The van der Waals surface area contributed by atoms with Crippen LogP contribution in [0, 0.1) is 0 Å². The molecule has 2 amide bonds. The van der Waals surface area contributed by atoms with Crippen LogP contribution in [-0.2, 0) is 4.74 Å². The summed E-state index contributed by atoms with van der Waals surface area (Å²) in [6.07, 6.45) is -2.15. The number of fused-ring (bicyclic) bond motifs is 2. The van der Waals surface area contributed by atoms with E-state index in [1.165, 1.54) is 31.4 Å². The highest BCUT2D eigenvalue weighted by molar-refractivity contribution is 5.75. The summed E-state index contributed by atoms with van der Waals surface area (Å²) in [4.78, 5) is 12.0. The second kappa shape index (κ2) is 6.51. The van der Waals surface area contributed by atoms with E-state index in [1.54, 1.807) is 0 Å². The van der Waals surface area contributed by atoms with Gasteiger partial charge in [-0.3, -0.25) is 0 Å². The molecule has 2 heterocycles. The van der Waals surface area contributed by atoms with Crippen LogP contribution in [0.15, 0.2) is 24.3 Å². The normalized spacial score (nSPS) is 26.9. The fourth-order valence-electron chi connectivity index (χ4n) is 3.28. The van der Waals surface area contributed by atoms with Crippen LogP contribution < -0.4 is 15.4 Å². The molecule has 0 spiro atoms. The first-order valence-electron chi connectivity index (χ1n) is 7.80. The third kappa shape index (κ3) is 3.58. The molecule has 0 radical (unpaired) electrons. The number of alkyl halides is 3. The van der Waals surface area contributed by atoms with Crippen LogP contribution in [-0.4, -0.2) is 37.6 Å². The Labute approximate surface area is 137 Å². The number of hydrogen-bond donors (Lipinski definition) is 2. The predicted molar refractivity (Wildman–Crippen MR) is 79.8 cm³/mol. The van der Waals surface area contributed by atoms with E-state index in [0.29, 0.717) is 12.2 Å². The Bertz CT molecular complexity index is 591. The van der Waals surface area contributed by atoms with Gasteiger partial charge in [0, 0.05) is 0 Å². The molecule has 2 aliphatic heterocycles. The Morgan fingerprint density at radius 2 is 2.00 bits per heavy atom. The van der Waals surface area contributed by atoms with Crippen LogP contribution in [0.2, 0.25) is 0 Å². The fraction of sp³-hybridized carbons (Fsp3) is 0.562. The van der Waals surface area contributed by atoms with Gasteiger partial charge in [0.05, 0.1) is 25.4 Å². The molecule has 4 atom stereocenters. The number of rotatable bonds is 4. The van der Waals surface area contributed by atoms with Crippen molar-refractivity contribution < 1.29 is 27.4 Å². The molecule has 2 aliphatic rings. The maximum Gasteiger partial charge on any atom is 0.412 e. The van der Waals surface area contributed by atoms with E-state index in [2.05, 4.69) is 5.32 Å². The highest BCUT2D eigenvalue weighted by Gasteiger charge is 2.44. The van der Waals surface area contributed by atoms with Crippen molar-refractivity contribution in [2.75, 3.05) is 7.11 Å². The number of amides is 2. The Morgan fingerprint density at radius 3 is 2.50 bits per heavy atom. The maximum atomic E-state index is 13.3. The van der Waals surface area contributed by atoms with Gasteiger partial charge >= 0.3 is 12.2 Å². The summed E-state index contributed by atoms with van der Waals surface area (Å²) in [7, 11) is 1.43. The zero-order valence-corrected chi connectivity index (χ0v) is 13.1. The highest BCUT2D eigenvalue weighted by atomic mass is 19.4. The largest absolute Gasteiger partial charge is 0.497 e. The average Bonchev–Trinajstić information content (AvgIpc) is 3.14. The molecule has 2 fully saturated rings. The molecule has 132 valence electrons. The van der Waals surface area contributed by atoms with Crippen LogP contribution >= 0.6 is 0 Å². The fourth-order valence-corrected chi connectivity index (χ4v) is 3.28. The summed E-state index contributed by atoms with van der Waals surface area (Å²) in [5.41, 5.74) is -0.0531. The molecule has 2 N–H and O–H groups in total. The van der Waals surface area contributed by atoms with Crippen LogP contribution in [0.25, 0.3) is 0 Å². The molecule has 8 heteroatoms. The van der Waals surface area contributed by atoms with Crippen molar-refractivity contribution in [3.05, 3.63) is 29.8 Å². The zero-order valence-electron chi connectivity index (χ0n) is 13.1. The summed E-state index contributed by atoms with van der Waals surface area (Å²) in [6, 6.07) is 2.29. The van der Waals surface area contributed by atoms with E-state index in [9.17, 15) is 18.0 Å². The molecule has 1 aromatic rings. The highest BCUT2D eigenvalue weighted by Crippen LogP contribution is 2.35. The molecular formula is C16H19F3N2O3. The molecule has 0 unspecified atom stereocenters. The van der Waals surface area contributed by atoms with Gasteiger partial charge in [0.15, 0.2) is 6.04 Å². The van der Waals surface area contributed by atoms with Crippen molar-refractivity contribution in [3.8, 4) is 5.75 Å². The van der Waals surface area contributed by atoms with Gasteiger partial charge in [0.2, 0.25) is 0 Å². The number of halogens is 3. The monoisotopic (exact) mass is 344 g/mol. The second-order valence-electron chi connectivity index (χ2n) is 6.08. The molecular weight excluding hydrogens is 325 g/mol. The van der Waals surface area contributed by atoms with Gasteiger partial charge < -0.3 is 20.1 Å². The van der Waals surface area contributed by atoms with E-state index in [4.69, 9.17) is 9.47 Å². The standard InChI is InChI=1S/C16H19F3N2O3/c1-23-10-4-2-9(3-5-10)14(16(17,18)19)21-15(22)20-12-8-11-6-7-13(12)24-11/h2-5,11-14H,6-8H2,1H3,(H2,20,21,22)/t11-,12-,13-,14-/m1/s1. The Balaban J connectivity index is 1.66. The topological polar surface area (TPSA) is 59.6 Å². The van der Waals surface area contributed by atoms with Crippen LogP contribution in [0.5, 0.6) is 5.75 Å². The lowest BCUT2D eigenvalue weighted by Crippen LogP contribution is -2.49. The molecule has 2 bridgehead atoms. The Kier molecular flexibility index (Phi) is 4.58. The number of ether oxygens (including phenoxy) is 2. The number of carbonyl (C=O) groups is 1. The quantitative estimate of drug-likeness (QED) is 0.883. The minimum atomic E-state index is -4.60. The summed E-state index contributed by atoms with van der Waals surface area (Å²) in [5.74, 6) is 0.447. The lowest BCUT2D eigenvalue weighted by molar-refractivity contribution is -0.155. The molecule has 0 aromatic heterocycles. The van der Waals surface area contributed by atoms with E-state index in [1.807, 2.05) is 5.32 Å². The Morgan fingerprint density at radius 1 is 1.29 bits per heavy atom. The van der Waals surface area contributed by atoms with Gasteiger partial charge in [-0.1, -0.05) is 12.1 Å². The first-order valence-corrected chi connectivity index (χ1v) is 7.80. The van der Waals surface area contributed by atoms with Gasteiger partial charge in [0.1, 0.15) is 5.75 Å². The minimum Gasteiger partial charge on any atom is -0.497 e. The van der Waals surface area contributed by atoms with Crippen molar-refractivity contribution in [2.45, 2.75) is 49.7 Å². The number of nitrogens with one attached hydrogen (secondary N) is 2. The zero-order chi connectivity index (χ0) is 17.3. The second-order valence-corrected chi connectivity index (χ2v) is 6.08. The number of benzene rings is 1. The molecule has 2 saturated heterocycles. The maximum absolute atomic E-state index is 13.3.